The number of ether oxygens (including phenoxy) is 1. The summed E-state index contributed by atoms with van der Waals surface area (Å²) in [4.78, 5) is 33.2. The van der Waals surface area contributed by atoms with E-state index in [0.29, 0.717) is 17.3 Å². The van der Waals surface area contributed by atoms with Gasteiger partial charge in [-0.1, -0.05) is 11.3 Å². The van der Waals surface area contributed by atoms with Gasteiger partial charge in [0.25, 0.3) is 5.91 Å². The predicted molar refractivity (Wildman–Crippen MR) is 93.2 cm³/mol. The number of carbonyl (C=O) groups excluding carboxylic acids is 2. The van der Waals surface area contributed by atoms with Crippen molar-refractivity contribution in [3.63, 3.8) is 0 Å². The van der Waals surface area contributed by atoms with Crippen LogP contribution in [0.3, 0.4) is 0 Å². The van der Waals surface area contributed by atoms with Crippen LogP contribution in [-0.2, 0) is 9.53 Å². The third-order valence-electron chi connectivity index (χ3n) is 4.62. The molecule has 0 spiro atoms. The topological polar surface area (TPSA) is 88.8 Å². The zero-order valence-electron chi connectivity index (χ0n) is 14.0. The standard InChI is InChI=1S/C16H24N4O3S/c1-2-23-15(22)11-5-9-20(10-6-11)16-18-13(17)12(24-16)14(21)19-7-3-4-8-19/h11H,2-10,17H2,1H3. The number of esters is 1. The Morgan fingerprint density at radius 2 is 1.92 bits per heavy atom. The zero-order chi connectivity index (χ0) is 17.1. The molecule has 2 aliphatic rings. The normalized spacial score (nSPS) is 18.9. The van der Waals surface area contributed by atoms with E-state index in [1.807, 2.05) is 11.8 Å². The quantitative estimate of drug-likeness (QED) is 0.831. The van der Waals surface area contributed by atoms with E-state index in [1.165, 1.54) is 11.3 Å². The van der Waals surface area contributed by atoms with Crippen molar-refractivity contribution in [2.24, 2.45) is 5.92 Å². The molecule has 3 heterocycles. The highest BCUT2D eigenvalue weighted by molar-refractivity contribution is 7.18. The minimum Gasteiger partial charge on any atom is -0.466 e. The van der Waals surface area contributed by atoms with E-state index < -0.39 is 0 Å². The molecule has 0 radical (unpaired) electrons. The molecule has 2 N–H and O–H groups in total. The van der Waals surface area contributed by atoms with Gasteiger partial charge in [0.05, 0.1) is 12.5 Å². The Bertz CT molecular complexity index is 604. The van der Waals surface area contributed by atoms with Crippen LogP contribution < -0.4 is 10.6 Å². The monoisotopic (exact) mass is 352 g/mol. The van der Waals surface area contributed by atoms with Crippen molar-refractivity contribution in [2.75, 3.05) is 43.4 Å². The Kier molecular flexibility index (Phi) is 5.23. The van der Waals surface area contributed by atoms with Crippen LogP contribution in [0.15, 0.2) is 0 Å². The molecule has 0 aliphatic carbocycles. The van der Waals surface area contributed by atoms with E-state index >= 15 is 0 Å². The molecule has 2 aliphatic heterocycles. The number of amides is 1. The molecular formula is C16H24N4O3S. The number of carbonyl (C=O) groups is 2. The SMILES string of the molecule is CCOC(=O)C1CCN(c2nc(N)c(C(=O)N3CCCC3)s2)CC1. The van der Waals surface area contributed by atoms with E-state index in [4.69, 9.17) is 10.5 Å². The number of hydrogen-bond acceptors (Lipinski definition) is 7. The summed E-state index contributed by atoms with van der Waals surface area (Å²) in [7, 11) is 0. The molecule has 1 aromatic rings. The average Bonchev–Trinajstić information content (AvgIpc) is 3.24. The van der Waals surface area contributed by atoms with Crippen molar-refractivity contribution in [1.82, 2.24) is 9.88 Å². The molecular weight excluding hydrogens is 328 g/mol. The Morgan fingerprint density at radius 1 is 1.25 bits per heavy atom. The summed E-state index contributed by atoms with van der Waals surface area (Å²) in [6, 6.07) is 0. The third-order valence-corrected chi connectivity index (χ3v) is 5.73. The highest BCUT2D eigenvalue weighted by Crippen LogP contribution is 2.32. The number of likely N-dealkylation sites (tertiary alicyclic amines) is 1. The van der Waals surface area contributed by atoms with E-state index in [2.05, 4.69) is 9.88 Å². The summed E-state index contributed by atoms with van der Waals surface area (Å²) in [5, 5.41) is 0.775. The molecule has 2 saturated heterocycles. The Morgan fingerprint density at radius 3 is 2.54 bits per heavy atom. The molecule has 1 amide bonds. The molecule has 7 nitrogen and oxygen atoms in total. The molecule has 8 heteroatoms. The largest absolute Gasteiger partial charge is 0.466 e. The van der Waals surface area contributed by atoms with Gasteiger partial charge in [0, 0.05) is 26.2 Å². The van der Waals surface area contributed by atoms with Crippen molar-refractivity contribution >= 4 is 34.2 Å². The number of thiazole rings is 1. The smallest absolute Gasteiger partial charge is 0.309 e. The Hall–Kier alpha value is -1.83. The number of nitrogens with zero attached hydrogens (tertiary/aromatic N) is 3. The lowest BCUT2D eigenvalue weighted by Gasteiger charge is -2.30. The van der Waals surface area contributed by atoms with Gasteiger partial charge >= 0.3 is 5.97 Å². The first kappa shape index (κ1) is 17.0. The van der Waals surface area contributed by atoms with Gasteiger partial charge in [0.1, 0.15) is 10.7 Å². The maximum atomic E-state index is 12.5. The molecule has 0 saturated carbocycles. The number of nitrogen functional groups attached to an aromatic ring is 1. The van der Waals surface area contributed by atoms with Crippen molar-refractivity contribution < 1.29 is 14.3 Å². The second-order valence-electron chi connectivity index (χ2n) is 6.22. The van der Waals surface area contributed by atoms with Gasteiger partial charge in [0.15, 0.2) is 5.13 Å². The van der Waals surface area contributed by atoms with Crippen molar-refractivity contribution in [3.8, 4) is 0 Å². The second kappa shape index (κ2) is 7.38. The zero-order valence-corrected chi connectivity index (χ0v) is 14.8. The van der Waals surface area contributed by atoms with Crippen LogP contribution in [0.2, 0.25) is 0 Å². The van der Waals surface area contributed by atoms with Gasteiger partial charge in [-0.25, -0.2) is 4.98 Å². The fourth-order valence-corrected chi connectivity index (χ4v) is 4.24. The number of piperidine rings is 1. The van der Waals surface area contributed by atoms with Gasteiger partial charge < -0.3 is 20.3 Å². The number of anilines is 2. The summed E-state index contributed by atoms with van der Waals surface area (Å²) in [5.41, 5.74) is 5.98. The summed E-state index contributed by atoms with van der Waals surface area (Å²) in [5.74, 6) is 0.166. The Labute approximate surface area is 145 Å². The van der Waals surface area contributed by atoms with Gasteiger partial charge in [0.2, 0.25) is 0 Å². The van der Waals surface area contributed by atoms with Crippen LogP contribution in [0, 0.1) is 5.92 Å². The van der Waals surface area contributed by atoms with Crippen molar-refractivity contribution in [3.05, 3.63) is 4.88 Å². The fourth-order valence-electron chi connectivity index (χ4n) is 3.24. The lowest BCUT2D eigenvalue weighted by Crippen LogP contribution is -2.36. The molecule has 0 bridgehead atoms. The maximum absolute atomic E-state index is 12.5. The van der Waals surface area contributed by atoms with E-state index in [9.17, 15) is 9.59 Å². The summed E-state index contributed by atoms with van der Waals surface area (Å²) < 4.78 is 5.09. The minimum absolute atomic E-state index is 0.00448. The van der Waals surface area contributed by atoms with E-state index in [-0.39, 0.29) is 17.8 Å². The number of rotatable bonds is 4. The first-order chi connectivity index (χ1) is 11.6. The number of hydrogen-bond donors (Lipinski definition) is 1. The summed E-state index contributed by atoms with van der Waals surface area (Å²) in [6.45, 7) is 5.31. The first-order valence-electron chi connectivity index (χ1n) is 8.57. The minimum atomic E-state index is -0.110. The molecule has 24 heavy (non-hydrogen) atoms. The summed E-state index contributed by atoms with van der Waals surface area (Å²) in [6.07, 6.45) is 3.60. The Balaban J connectivity index is 1.63. The molecule has 132 valence electrons. The predicted octanol–water partition coefficient (Wildman–Crippen LogP) is 1.74. The molecule has 2 fully saturated rings. The highest BCUT2D eigenvalue weighted by Gasteiger charge is 2.29. The number of nitrogens with two attached hydrogens (primary N) is 1. The van der Waals surface area contributed by atoms with Crippen molar-refractivity contribution in [1.29, 1.82) is 0 Å². The van der Waals surface area contributed by atoms with Crippen LogP contribution in [0.4, 0.5) is 10.9 Å². The molecule has 1 aromatic heterocycles. The summed E-state index contributed by atoms with van der Waals surface area (Å²) >= 11 is 1.36. The maximum Gasteiger partial charge on any atom is 0.309 e. The van der Waals surface area contributed by atoms with Gasteiger partial charge in [-0.2, -0.15) is 0 Å². The molecule has 3 rings (SSSR count). The second-order valence-corrected chi connectivity index (χ2v) is 7.20. The average molecular weight is 352 g/mol. The van der Waals surface area contributed by atoms with Crippen LogP contribution in [0.1, 0.15) is 42.3 Å². The van der Waals surface area contributed by atoms with Gasteiger partial charge in [-0.05, 0) is 32.6 Å². The van der Waals surface area contributed by atoms with Crippen LogP contribution in [-0.4, -0.2) is 54.5 Å². The lowest BCUT2D eigenvalue weighted by atomic mass is 9.97. The van der Waals surface area contributed by atoms with Crippen molar-refractivity contribution in [2.45, 2.75) is 32.6 Å². The molecule has 0 atom stereocenters. The highest BCUT2D eigenvalue weighted by atomic mass is 32.1. The van der Waals surface area contributed by atoms with Gasteiger partial charge in [-0.3, -0.25) is 9.59 Å². The molecule has 0 unspecified atom stereocenters. The van der Waals surface area contributed by atoms with E-state index in [1.54, 1.807) is 0 Å². The lowest BCUT2D eigenvalue weighted by molar-refractivity contribution is -0.148. The van der Waals surface area contributed by atoms with Crippen LogP contribution in [0.25, 0.3) is 0 Å². The molecule has 0 aromatic carbocycles. The number of aromatic nitrogens is 1. The first-order valence-corrected chi connectivity index (χ1v) is 9.39. The fraction of sp³-hybridized carbons (Fsp3) is 0.688. The van der Waals surface area contributed by atoms with Crippen LogP contribution in [0.5, 0.6) is 0 Å². The van der Waals surface area contributed by atoms with Crippen LogP contribution >= 0.6 is 11.3 Å². The van der Waals surface area contributed by atoms with Gasteiger partial charge in [-0.15, -0.1) is 0 Å². The third kappa shape index (κ3) is 3.48. The van der Waals surface area contributed by atoms with E-state index in [0.717, 1.165) is 57.0 Å².